The third-order valence-corrected chi connectivity index (χ3v) is 0.360. The Morgan fingerprint density at radius 3 is 2.33 bits per heavy atom. The van der Waals surface area contributed by atoms with Gasteiger partial charge in [-0.05, 0) is 6.08 Å². The second-order valence-electron chi connectivity index (χ2n) is 0.745. The number of carbonyl (C=O) groups is 1. The number of ketones is 1. The molecule has 0 aromatic heterocycles. The van der Waals surface area contributed by atoms with E-state index in [9.17, 15) is 4.79 Å². The standard InChI is InChI=1S/C5H5O/c1-3-5(6)4-2/h3H,1-2H2. The fourth-order valence-electron chi connectivity index (χ4n) is 0.0722. The SMILES string of the molecule is C=[C]C(=O)C=C. The maximum absolute atomic E-state index is 9.89. The molecule has 0 N–H and O–H groups in total. The highest BCUT2D eigenvalue weighted by Crippen LogP contribution is 1.66. The molecule has 0 aromatic rings. The lowest BCUT2D eigenvalue weighted by atomic mass is 10.4. The lowest BCUT2D eigenvalue weighted by molar-refractivity contribution is -0.110. The van der Waals surface area contributed by atoms with Gasteiger partial charge >= 0.3 is 0 Å². The van der Waals surface area contributed by atoms with Crippen LogP contribution >= 0.6 is 0 Å². The molecule has 0 amide bonds. The zero-order chi connectivity index (χ0) is 4.99. The highest BCUT2D eigenvalue weighted by atomic mass is 16.1. The second-order valence-corrected chi connectivity index (χ2v) is 0.745. The summed E-state index contributed by atoms with van der Waals surface area (Å²) >= 11 is 0. The molecule has 0 aliphatic carbocycles. The van der Waals surface area contributed by atoms with Gasteiger partial charge in [-0.2, -0.15) is 0 Å². The molecule has 0 spiro atoms. The monoisotopic (exact) mass is 81.0 g/mol. The maximum atomic E-state index is 9.89. The van der Waals surface area contributed by atoms with Crippen LogP contribution in [0.1, 0.15) is 0 Å². The van der Waals surface area contributed by atoms with Gasteiger partial charge in [-0.25, -0.2) is 0 Å². The average Bonchev–Trinajstić information content (AvgIpc) is 1.65. The van der Waals surface area contributed by atoms with Crippen LogP contribution in [0.15, 0.2) is 19.2 Å². The Bertz CT molecular complexity index is 71.9. The van der Waals surface area contributed by atoms with Gasteiger partial charge in [-0.1, -0.05) is 13.2 Å². The molecule has 0 aliphatic rings. The van der Waals surface area contributed by atoms with E-state index >= 15 is 0 Å². The number of carbonyl (C=O) groups excluding carboxylic acids is 1. The van der Waals surface area contributed by atoms with Crippen LogP contribution in [0.3, 0.4) is 0 Å². The zero-order valence-electron chi connectivity index (χ0n) is 3.40. The summed E-state index contributed by atoms with van der Waals surface area (Å²) in [4.78, 5) is 9.89. The number of hydrogen-bond donors (Lipinski definition) is 0. The van der Waals surface area contributed by atoms with Crippen LogP contribution in [-0.2, 0) is 4.79 Å². The van der Waals surface area contributed by atoms with Gasteiger partial charge < -0.3 is 0 Å². The Balaban J connectivity index is 3.52. The fourth-order valence-corrected chi connectivity index (χ4v) is 0.0722. The quantitative estimate of drug-likeness (QED) is 0.448. The van der Waals surface area contributed by atoms with Crippen molar-refractivity contribution in [2.24, 2.45) is 0 Å². The van der Waals surface area contributed by atoms with E-state index in [1.165, 1.54) is 0 Å². The Morgan fingerprint density at radius 2 is 2.33 bits per heavy atom. The van der Waals surface area contributed by atoms with E-state index in [1.54, 1.807) is 0 Å². The van der Waals surface area contributed by atoms with Gasteiger partial charge in [-0.3, -0.25) is 4.79 Å². The summed E-state index contributed by atoms with van der Waals surface area (Å²) in [5, 5.41) is 0. The number of allylic oxidation sites excluding steroid dienone is 2. The van der Waals surface area contributed by atoms with E-state index < -0.39 is 0 Å². The lowest BCUT2D eigenvalue weighted by Gasteiger charge is -1.66. The first kappa shape index (κ1) is 5.15. The molecule has 0 fully saturated rings. The summed E-state index contributed by atoms with van der Waals surface area (Å²) in [6.07, 6.45) is 3.27. The molecule has 1 radical (unpaired) electrons. The van der Waals surface area contributed by atoms with Crippen LogP contribution < -0.4 is 0 Å². The first-order chi connectivity index (χ1) is 2.81. The minimum absolute atomic E-state index is 0.255. The van der Waals surface area contributed by atoms with Gasteiger partial charge in [0, 0.05) is 6.08 Å². The molecule has 0 heterocycles. The fraction of sp³-hybridized carbons (Fsp3) is 0. The van der Waals surface area contributed by atoms with Crippen molar-refractivity contribution in [1.29, 1.82) is 0 Å². The Hall–Kier alpha value is -0.850. The first-order valence-corrected chi connectivity index (χ1v) is 1.50. The maximum Gasteiger partial charge on any atom is 0.185 e. The molecular weight excluding hydrogens is 76.1 g/mol. The Morgan fingerprint density at radius 1 is 1.83 bits per heavy atom. The highest BCUT2D eigenvalue weighted by Gasteiger charge is 1.77. The van der Waals surface area contributed by atoms with Crippen LogP contribution in [0.4, 0.5) is 0 Å². The van der Waals surface area contributed by atoms with E-state index in [0.29, 0.717) is 0 Å². The van der Waals surface area contributed by atoms with Crippen molar-refractivity contribution >= 4 is 5.78 Å². The minimum Gasteiger partial charge on any atom is -0.289 e. The predicted octanol–water partition coefficient (Wildman–Crippen LogP) is 0.731. The molecule has 1 nitrogen and oxygen atoms in total. The summed E-state index contributed by atoms with van der Waals surface area (Å²) in [6.45, 7) is 6.27. The first-order valence-electron chi connectivity index (χ1n) is 1.50. The van der Waals surface area contributed by atoms with E-state index in [0.717, 1.165) is 6.08 Å². The van der Waals surface area contributed by atoms with Gasteiger partial charge in [0.15, 0.2) is 5.78 Å². The topological polar surface area (TPSA) is 17.1 Å². The Kier molecular flexibility index (Phi) is 2.05. The van der Waals surface area contributed by atoms with Crippen molar-refractivity contribution in [2.45, 2.75) is 0 Å². The van der Waals surface area contributed by atoms with Crippen LogP contribution in [0.25, 0.3) is 0 Å². The highest BCUT2D eigenvalue weighted by molar-refractivity contribution is 5.94. The van der Waals surface area contributed by atoms with E-state index in [4.69, 9.17) is 0 Å². The van der Waals surface area contributed by atoms with Crippen LogP contribution in [0.2, 0.25) is 0 Å². The van der Waals surface area contributed by atoms with Gasteiger partial charge in [-0.15, -0.1) is 0 Å². The molecule has 0 saturated heterocycles. The molecule has 0 saturated carbocycles. The van der Waals surface area contributed by atoms with Crippen LogP contribution in [0, 0.1) is 6.08 Å². The smallest absolute Gasteiger partial charge is 0.185 e. The summed E-state index contributed by atoms with van der Waals surface area (Å²) in [6, 6.07) is 0. The molecule has 0 bridgehead atoms. The number of rotatable bonds is 2. The lowest BCUT2D eigenvalue weighted by Crippen LogP contribution is -1.79. The van der Waals surface area contributed by atoms with Gasteiger partial charge in [0.1, 0.15) is 0 Å². The summed E-state index contributed by atoms with van der Waals surface area (Å²) in [7, 11) is 0. The van der Waals surface area contributed by atoms with Crippen molar-refractivity contribution in [1.82, 2.24) is 0 Å². The number of hydrogen-bond acceptors (Lipinski definition) is 1. The van der Waals surface area contributed by atoms with Crippen molar-refractivity contribution in [3.63, 3.8) is 0 Å². The molecule has 0 unspecified atom stereocenters. The third-order valence-electron chi connectivity index (χ3n) is 0.360. The largest absolute Gasteiger partial charge is 0.289 e. The summed E-state index contributed by atoms with van der Waals surface area (Å²) in [5.41, 5.74) is 0. The molecule has 0 aliphatic heterocycles. The molecular formula is C5H5O. The van der Waals surface area contributed by atoms with Gasteiger partial charge in [0.2, 0.25) is 0 Å². The van der Waals surface area contributed by atoms with E-state index in [1.807, 2.05) is 0 Å². The predicted molar refractivity (Wildman–Crippen MR) is 24.1 cm³/mol. The zero-order valence-corrected chi connectivity index (χ0v) is 3.40. The van der Waals surface area contributed by atoms with E-state index in [-0.39, 0.29) is 5.78 Å². The van der Waals surface area contributed by atoms with Crippen molar-refractivity contribution in [3.8, 4) is 0 Å². The average molecular weight is 81.1 g/mol. The summed E-state index contributed by atoms with van der Waals surface area (Å²) in [5.74, 6) is -0.255. The minimum atomic E-state index is -0.255. The molecule has 0 aromatic carbocycles. The normalized spacial score (nSPS) is 6.67. The molecule has 0 atom stereocenters. The molecule has 31 valence electrons. The van der Waals surface area contributed by atoms with Gasteiger partial charge in [0.05, 0.1) is 0 Å². The van der Waals surface area contributed by atoms with Crippen molar-refractivity contribution in [3.05, 3.63) is 25.3 Å². The summed E-state index contributed by atoms with van der Waals surface area (Å²) < 4.78 is 0. The Labute approximate surface area is 37.0 Å². The molecule has 0 rings (SSSR count). The van der Waals surface area contributed by atoms with Crippen LogP contribution in [0.5, 0.6) is 0 Å². The van der Waals surface area contributed by atoms with Crippen molar-refractivity contribution < 1.29 is 4.79 Å². The second kappa shape index (κ2) is 2.39. The van der Waals surface area contributed by atoms with E-state index in [2.05, 4.69) is 19.2 Å². The molecule has 6 heavy (non-hydrogen) atoms. The van der Waals surface area contributed by atoms with Crippen molar-refractivity contribution in [2.75, 3.05) is 0 Å². The van der Waals surface area contributed by atoms with Crippen LogP contribution in [-0.4, -0.2) is 5.78 Å². The van der Waals surface area contributed by atoms with Gasteiger partial charge in [0.25, 0.3) is 0 Å². The third kappa shape index (κ3) is 1.47. The molecule has 1 heteroatoms.